The molecule has 1 aliphatic rings. The molecule has 0 N–H and O–H groups in total. The van der Waals surface area contributed by atoms with Crippen molar-refractivity contribution in [2.75, 3.05) is 12.4 Å². The van der Waals surface area contributed by atoms with Crippen LogP contribution in [0.1, 0.15) is 68.7 Å². The molecular weight excluding hydrogens is 376 g/mol. The van der Waals surface area contributed by atoms with Crippen LogP contribution in [0.25, 0.3) is 0 Å². The topological polar surface area (TPSA) is 26.3 Å². The van der Waals surface area contributed by atoms with Crippen molar-refractivity contribution in [2.24, 2.45) is 0 Å². The highest BCUT2D eigenvalue weighted by molar-refractivity contribution is 7.99. The highest BCUT2D eigenvalue weighted by Gasteiger charge is 2.27. The Labute approximate surface area is 179 Å². The maximum Gasteiger partial charge on any atom is 0.305 e. The van der Waals surface area contributed by atoms with E-state index in [2.05, 4.69) is 68.2 Å². The van der Waals surface area contributed by atoms with E-state index >= 15 is 0 Å². The van der Waals surface area contributed by atoms with Crippen LogP contribution < -0.4 is 0 Å². The van der Waals surface area contributed by atoms with Crippen LogP contribution in [0.15, 0.2) is 47.4 Å². The summed E-state index contributed by atoms with van der Waals surface area (Å²) in [4.78, 5) is 12.8. The maximum atomic E-state index is 11.4. The number of benzene rings is 2. The quantitative estimate of drug-likeness (QED) is 0.328. The molecule has 2 aromatic carbocycles. The third-order valence-electron chi connectivity index (χ3n) is 5.37. The lowest BCUT2D eigenvalue weighted by molar-refractivity contribution is -0.143. The van der Waals surface area contributed by atoms with Gasteiger partial charge in [0, 0.05) is 22.4 Å². The molecule has 0 radical (unpaired) electrons. The predicted octanol–water partition coefficient (Wildman–Crippen LogP) is 6.14. The second-order valence-electron chi connectivity index (χ2n) is 8.16. The molecule has 2 nitrogen and oxygen atoms in total. The van der Waals surface area contributed by atoms with E-state index in [9.17, 15) is 4.79 Å². The summed E-state index contributed by atoms with van der Waals surface area (Å²) in [6, 6.07) is 15.1. The Hall–Kier alpha value is -2.18. The molecule has 0 atom stereocenters. The summed E-state index contributed by atoms with van der Waals surface area (Å²) in [5.74, 6) is 7.78. The third kappa shape index (κ3) is 6.15. The Morgan fingerprint density at radius 2 is 1.90 bits per heavy atom. The molecule has 1 heterocycles. The van der Waals surface area contributed by atoms with Crippen molar-refractivity contribution >= 4 is 17.7 Å². The van der Waals surface area contributed by atoms with Crippen LogP contribution in [-0.4, -0.2) is 18.3 Å². The number of aryl methyl sites for hydroxylation is 1. The second-order valence-corrected chi connectivity index (χ2v) is 9.29. The molecular formula is C26H30O2S. The number of hydrogen-bond donors (Lipinski definition) is 0. The number of fused-ring (bicyclic) bond motifs is 1. The molecule has 3 heteroatoms. The van der Waals surface area contributed by atoms with Gasteiger partial charge < -0.3 is 4.74 Å². The summed E-state index contributed by atoms with van der Waals surface area (Å²) in [6.07, 6.45) is 4.50. The third-order valence-corrected chi connectivity index (χ3v) is 6.45. The van der Waals surface area contributed by atoms with Crippen molar-refractivity contribution in [1.82, 2.24) is 0 Å². The SMILES string of the molecule is CCOC(=O)CCCCc1cccc(C#Cc2ccc3c(c2)C(C)(C)CCS3)c1. The highest BCUT2D eigenvalue weighted by Crippen LogP contribution is 2.41. The van der Waals surface area contributed by atoms with E-state index in [0.29, 0.717) is 13.0 Å². The second kappa shape index (κ2) is 10.0. The summed E-state index contributed by atoms with van der Waals surface area (Å²) >= 11 is 1.95. The van der Waals surface area contributed by atoms with Crippen molar-refractivity contribution < 1.29 is 9.53 Å². The molecule has 3 rings (SSSR count). The average molecular weight is 407 g/mol. The standard InChI is InChI=1S/C26H30O2S/c1-4-28-25(27)11-6-5-8-20-9-7-10-21(18-20)12-13-22-14-15-24-23(19-22)26(2,3)16-17-29-24/h7,9-10,14-15,18-19H,4-6,8,11,16-17H2,1-3H3. The zero-order chi connectivity index (χ0) is 20.7. The minimum Gasteiger partial charge on any atom is -0.466 e. The Morgan fingerprint density at radius 1 is 1.10 bits per heavy atom. The molecule has 0 aromatic heterocycles. The summed E-state index contributed by atoms with van der Waals surface area (Å²) < 4.78 is 4.98. The molecule has 1 aliphatic heterocycles. The molecule has 29 heavy (non-hydrogen) atoms. The van der Waals surface area contributed by atoms with E-state index < -0.39 is 0 Å². The van der Waals surface area contributed by atoms with Crippen molar-refractivity contribution in [3.8, 4) is 11.8 Å². The van der Waals surface area contributed by atoms with Crippen LogP contribution in [0.2, 0.25) is 0 Å². The van der Waals surface area contributed by atoms with E-state index in [4.69, 9.17) is 4.74 Å². The number of carbonyl (C=O) groups excluding carboxylic acids is 1. The largest absolute Gasteiger partial charge is 0.466 e. The van der Waals surface area contributed by atoms with Crippen molar-refractivity contribution in [3.05, 3.63) is 64.7 Å². The zero-order valence-electron chi connectivity index (χ0n) is 17.7. The van der Waals surface area contributed by atoms with E-state index in [1.54, 1.807) is 0 Å². The monoisotopic (exact) mass is 406 g/mol. The Balaban J connectivity index is 1.63. The Bertz CT molecular complexity index is 918. The first-order chi connectivity index (χ1) is 14.0. The molecule has 0 fully saturated rings. The van der Waals surface area contributed by atoms with E-state index in [0.717, 1.165) is 30.4 Å². The van der Waals surface area contributed by atoms with Gasteiger partial charge in [-0.15, -0.1) is 11.8 Å². The van der Waals surface area contributed by atoms with Crippen molar-refractivity contribution in [2.45, 2.75) is 63.2 Å². The smallest absolute Gasteiger partial charge is 0.305 e. The van der Waals surface area contributed by atoms with E-state index in [-0.39, 0.29) is 11.4 Å². The molecule has 152 valence electrons. The fourth-order valence-corrected chi connectivity index (χ4v) is 5.08. The lowest BCUT2D eigenvalue weighted by Crippen LogP contribution is -2.22. The van der Waals surface area contributed by atoms with Crippen molar-refractivity contribution in [3.63, 3.8) is 0 Å². The van der Waals surface area contributed by atoms with Crippen LogP contribution in [0.5, 0.6) is 0 Å². The lowest BCUT2D eigenvalue weighted by Gasteiger charge is -2.32. The molecule has 0 saturated carbocycles. The van der Waals surface area contributed by atoms with Gasteiger partial charge in [0.25, 0.3) is 0 Å². The Morgan fingerprint density at radius 3 is 2.69 bits per heavy atom. The first-order valence-electron chi connectivity index (χ1n) is 10.5. The molecule has 0 unspecified atom stereocenters. The van der Waals surface area contributed by atoms with Gasteiger partial charge in [-0.2, -0.15) is 0 Å². The molecule has 0 aliphatic carbocycles. The van der Waals surface area contributed by atoms with Crippen LogP contribution >= 0.6 is 11.8 Å². The van der Waals surface area contributed by atoms with Gasteiger partial charge in [-0.3, -0.25) is 4.79 Å². The zero-order valence-corrected chi connectivity index (χ0v) is 18.5. The normalized spacial score (nSPS) is 14.4. The first kappa shape index (κ1) is 21.5. The number of esters is 1. The minimum absolute atomic E-state index is 0.0984. The first-order valence-corrected chi connectivity index (χ1v) is 11.5. The highest BCUT2D eigenvalue weighted by atomic mass is 32.2. The van der Waals surface area contributed by atoms with E-state index in [1.165, 1.54) is 28.2 Å². The fraction of sp³-hybridized carbons (Fsp3) is 0.423. The number of rotatable bonds is 6. The lowest BCUT2D eigenvalue weighted by atomic mass is 9.81. The molecule has 2 aromatic rings. The summed E-state index contributed by atoms with van der Waals surface area (Å²) in [6.45, 7) is 6.96. The minimum atomic E-state index is -0.0984. The molecule has 0 bridgehead atoms. The van der Waals surface area contributed by atoms with Gasteiger partial charge in [-0.1, -0.05) is 37.8 Å². The number of hydrogen-bond acceptors (Lipinski definition) is 3. The van der Waals surface area contributed by atoms with Crippen LogP contribution in [0, 0.1) is 11.8 Å². The van der Waals surface area contributed by atoms with Gasteiger partial charge >= 0.3 is 5.97 Å². The number of thioether (sulfide) groups is 1. The van der Waals surface area contributed by atoms with Gasteiger partial charge in [0.2, 0.25) is 0 Å². The van der Waals surface area contributed by atoms with Gasteiger partial charge in [0.05, 0.1) is 6.61 Å². The summed E-state index contributed by atoms with van der Waals surface area (Å²) in [5, 5.41) is 0. The summed E-state index contributed by atoms with van der Waals surface area (Å²) in [5.41, 5.74) is 5.04. The Kier molecular flexibility index (Phi) is 7.45. The molecule has 0 saturated heterocycles. The van der Waals surface area contributed by atoms with Gasteiger partial charge in [-0.05, 0) is 85.2 Å². The average Bonchev–Trinajstić information content (AvgIpc) is 2.70. The number of carbonyl (C=O) groups is 1. The van der Waals surface area contributed by atoms with Gasteiger partial charge in [-0.25, -0.2) is 0 Å². The molecule has 0 spiro atoms. The van der Waals surface area contributed by atoms with E-state index in [1.807, 2.05) is 18.7 Å². The predicted molar refractivity (Wildman–Crippen MR) is 121 cm³/mol. The number of unbranched alkanes of at least 4 members (excludes halogenated alkanes) is 1. The number of ether oxygens (including phenoxy) is 1. The van der Waals surface area contributed by atoms with Gasteiger partial charge in [0.1, 0.15) is 0 Å². The van der Waals surface area contributed by atoms with Crippen LogP contribution in [0.4, 0.5) is 0 Å². The van der Waals surface area contributed by atoms with Crippen LogP contribution in [0.3, 0.4) is 0 Å². The fourth-order valence-electron chi connectivity index (χ4n) is 3.59. The van der Waals surface area contributed by atoms with Crippen molar-refractivity contribution in [1.29, 1.82) is 0 Å². The maximum absolute atomic E-state index is 11.4. The van der Waals surface area contributed by atoms with Crippen LogP contribution in [-0.2, 0) is 21.4 Å². The summed E-state index contributed by atoms with van der Waals surface area (Å²) in [7, 11) is 0. The molecule has 0 amide bonds. The van der Waals surface area contributed by atoms with Gasteiger partial charge in [0.15, 0.2) is 0 Å².